The molecule has 1 aromatic heterocycles. The van der Waals surface area contributed by atoms with E-state index in [4.69, 9.17) is 18.6 Å². The highest BCUT2D eigenvalue weighted by atomic mass is 16.5. The van der Waals surface area contributed by atoms with Crippen molar-refractivity contribution in [3.63, 3.8) is 0 Å². The molecule has 180 valence electrons. The van der Waals surface area contributed by atoms with Crippen LogP contribution in [0.3, 0.4) is 0 Å². The summed E-state index contributed by atoms with van der Waals surface area (Å²) < 4.78 is 22.6. The van der Waals surface area contributed by atoms with E-state index < -0.39 is 11.0 Å². The van der Waals surface area contributed by atoms with Crippen molar-refractivity contribution in [2.75, 3.05) is 27.4 Å². The molecule has 1 aliphatic rings. The van der Waals surface area contributed by atoms with E-state index in [0.717, 1.165) is 22.1 Å². The van der Waals surface area contributed by atoms with E-state index in [1.165, 1.54) is 6.07 Å². The standard InChI is InChI=1S/C27H31NO6/c1-16-11-25(29)34-22-13-18(7-8-19(16)22)33-15-21-20-14-24(32-6)23(31-5)12-17(20)9-10-28(21)26(30)27(2,3)4/h7-8,11-14,21H,9-10,15H2,1-6H3. The SMILES string of the molecule is COc1cc2c(cc1OC)C(COc1ccc3c(C)cc(=O)oc3c1)N(C(=O)C(C)(C)C)CC2. The maximum atomic E-state index is 13.3. The van der Waals surface area contributed by atoms with Crippen molar-refractivity contribution < 1.29 is 23.4 Å². The Labute approximate surface area is 199 Å². The number of ether oxygens (including phenoxy) is 3. The first-order valence-electron chi connectivity index (χ1n) is 11.4. The highest BCUT2D eigenvalue weighted by molar-refractivity contribution is 5.83. The molecule has 0 N–H and O–H groups in total. The van der Waals surface area contributed by atoms with Gasteiger partial charge in [0.15, 0.2) is 11.5 Å². The summed E-state index contributed by atoms with van der Waals surface area (Å²) in [6.45, 7) is 8.46. The summed E-state index contributed by atoms with van der Waals surface area (Å²) in [6.07, 6.45) is 0.717. The zero-order valence-electron chi connectivity index (χ0n) is 20.6. The molecule has 0 fully saturated rings. The van der Waals surface area contributed by atoms with E-state index in [0.29, 0.717) is 35.8 Å². The molecule has 1 atom stereocenters. The summed E-state index contributed by atoms with van der Waals surface area (Å²) in [4.78, 5) is 27.0. The summed E-state index contributed by atoms with van der Waals surface area (Å²) >= 11 is 0. The van der Waals surface area contributed by atoms with Crippen molar-refractivity contribution in [3.8, 4) is 17.2 Å². The number of methoxy groups -OCH3 is 2. The van der Waals surface area contributed by atoms with Crippen LogP contribution in [0.25, 0.3) is 11.0 Å². The minimum Gasteiger partial charge on any atom is -0.493 e. The molecule has 1 unspecified atom stereocenters. The number of hydrogen-bond acceptors (Lipinski definition) is 6. The fourth-order valence-corrected chi connectivity index (χ4v) is 4.45. The van der Waals surface area contributed by atoms with Crippen molar-refractivity contribution >= 4 is 16.9 Å². The van der Waals surface area contributed by atoms with Crippen LogP contribution in [-0.4, -0.2) is 38.2 Å². The minimum absolute atomic E-state index is 0.0571. The lowest BCUT2D eigenvalue weighted by Gasteiger charge is -2.40. The molecular weight excluding hydrogens is 434 g/mol. The summed E-state index contributed by atoms with van der Waals surface area (Å²) in [7, 11) is 3.21. The number of hydrogen-bond donors (Lipinski definition) is 0. The largest absolute Gasteiger partial charge is 0.493 e. The maximum Gasteiger partial charge on any atom is 0.336 e. The first kappa shape index (κ1) is 23.7. The number of carbonyl (C=O) groups is 1. The van der Waals surface area contributed by atoms with Crippen LogP contribution >= 0.6 is 0 Å². The second-order valence-electron chi connectivity index (χ2n) is 9.64. The molecule has 7 heteroatoms. The normalized spacial score (nSPS) is 15.7. The summed E-state index contributed by atoms with van der Waals surface area (Å²) in [6, 6.07) is 10.5. The van der Waals surface area contributed by atoms with Gasteiger partial charge in [0.1, 0.15) is 17.9 Å². The molecule has 0 bridgehead atoms. The molecule has 1 amide bonds. The molecule has 0 saturated carbocycles. The van der Waals surface area contributed by atoms with Crippen LogP contribution < -0.4 is 19.8 Å². The highest BCUT2D eigenvalue weighted by Crippen LogP contribution is 2.40. The molecule has 2 heterocycles. The number of rotatable bonds is 5. The van der Waals surface area contributed by atoms with Gasteiger partial charge in [-0.05, 0) is 54.3 Å². The van der Waals surface area contributed by atoms with Gasteiger partial charge in [-0.25, -0.2) is 4.79 Å². The molecular formula is C27H31NO6. The lowest BCUT2D eigenvalue weighted by atomic mass is 9.88. The first-order valence-corrected chi connectivity index (χ1v) is 11.4. The van der Waals surface area contributed by atoms with Crippen LogP contribution in [0, 0.1) is 12.3 Å². The number of aryl methyl sites for hydroxylation is 1. The fourth-order valence-electron chi connectivity index (χ4n) is 4.45. The Balaban J connectivity index is 1.71. The molecule has 34 heavy (non-hydrogen) atoms. The van der Waals surface area contributed by atoms with Gasteiger partial charge >= 0.3 is 5.63 Å². The molecule has 0 saturated heterocycles. The van der Waals surface area contributed by atoms with Crippen LogP contribution in [0.2, 0.25) is 0 Å². The fraction of sp³-hybridized carbons (Fsp3) is 0.407. The Morgan fingerprint density at radius 3 is 2.47 bits per heavy atom. The smallest absolute Gasteiger partial charge is 0.336 e. The Bertz CT molecular complexity index is 1290. The average Bonchev–Trinajstić information content (AvgIpc) is 2.79. The molecule has 0 spiro atoms. The second-order valence-corrected chi connectivity index (χ2v) is 9.64. The van der Waals surface area contributed by atoms with Crippen molar-refractivity contribution in [2.45, 2.75) is 40.2 Å². The molecule has 0 radical (unpaired) electrons. The average molecular weight is 466 g/mol. The van der Waals surface area contributed by atoms with E-state index in [-0.39, 0.29) is 18.6 Å². The van der Waals surface area contributed by atoms with Gasteiger partial charge < -0.3 is 23.5 Å². The van der Waals surface area contributed by atoms with Crippen LogP contribution in [0.1, 0.15) is 43.5 Å². The monoisotopic (exact) mass is 465 g/mol. The quantitative estimate of drug-likeness (QED) is 0.510. The van der Waals surface area contributed by atoms with E-state index in [1.54, 1.807) is 20.3 Å². The van der Waals surface area contributed by atoms with Gasteiger partial charge in [-0.15, -0.1) is 0 Å². The summed E-state index contributed by atoms with van der Waals surface area (Å²) in [5.74, 6) is 1.90. The summed E-state index contributed by atoms with van der Waals surface area (Å²) in [5, 5.41) is 0.858. The van der Waals surface area contributed by atoms with Crippen LogP contribution in [0.4, 0.5) is 0 Å². The van der Waals surface area contributed by atoms with E-state index >= 15 is 0 Å². The Hall–Kier alpha value is -3.48. The lowest BCUT2D eigenvalue weighted by Crippen LogP contribution is -2.47. The van der Waals surface area contributed by atoms with Crippen molar-refractivity contribution in [3.05, 3.63) is 63.5 Å². The van der Waals surface area contributed by atoms with Crippen LogP contribution in [0.5, 0.6) is 17.2 Å². The third-order valence-electron chi connectivity index (χ3n) is 6.24. The zero-order valence-corrected chi connectivity index (χ0v) is 20.6. The third kappa shape index (κ3) is 4.47. The van der Waals surface area contributed by atoms with Gasteiger partial charge in [0.05, 0.1) is 20.3 Å². The molecule has 1 aliphatic heterocycles. The molecule has 2 aromatic carbocycles. The Morgan fingerprint density at radius 2 is 1.79 bits per heavy atom. The van der Waals surface area contributed by atoms with Crippen LogP contribution in [-0.2, 0) is 11.2 Å². The predicted octanol–water partition coefficient (Wildman–Crippen LogP) is 4.67. The maximum absolute atomic E-state index is 13.3. The van der Waals surface area contributed by atoms with Crippen LogP contribution in [0.15, 0.2) is 45.6 Å². The Kier molecular flexibility index (Phi) is 6.30. The molecule has 7 nitrogen and oxygen atoms in total. The number of carbonyl (C=O) groups excluding carboxylic acids is 1. The predicted molar refractivity (Wildman–Crippen MR) is 130 cm³/mol. The number of benzene rings is 2. The lowest BCUT2D eigenvalue weighted by molar-refractivity contribution is -0.143. The zero-order chi connectivity index (χ0) is 24.6. The van der Waals surface area contributed by atoms with E-state index in [2.05, 4.69) is 0 Å². The first-order chi connectivity index (χ1) is 16.1. The Morgan fingerprint density at radius 1 is 1.09 bits per heavy atom. The van der Waals surface area contributed by atoms with Gasteiger partial charge in [0.2, 0.25) is 5.91 Å². The molecule has 3 aromatic rings. The number of amides is 1. The van der Waals surface area contributed by atoms with Gasteiger partial charge in [0.25, 0.3) is 0 Å². The second kappa shape index (κ2) is 9.05. The van der Waals surface area contributed by atoms with Crippen molar-refractivity contribution in [1.82, 2.24) is 4.90 Å². The minimum atomic E-state index is -0.532. The summed E-state index contributed by atoms with van der Waals surface area (Å²) in [5.41, 5.74) is 2.47. The topological polar surface area (TPSA) is 78.2 Å². The number of fused-ring (bicyclic) bond motifs is 2. The van der Waals surface area contributed by atoms with Gasteiger partial charge in [0, 0.05) is 29.5 Å². The highest BCUT2D eigenvalue weighted by Gasteiger charge is 2.37. The molecule has 0 aliphatic carbocycles. The van der Waals surface area contributed by atoms with Gasteiger partial charge in [-0.1, -0.05) is 20.8 Å². The van der Waals surface area contributed by atoms with Crippen molar-refractivity contribution in [1.29, 1.82) is 0 Å². The van der Waals surface area contributed by atoms with E-state index in [1.807, 2.05) is 56.9 Å². The number of nitrogens with zero attached hydrogens (tertiary/aromatic N) is 1. The van der Waals surface area contributed by atoms with Gasteiger partial charge in [-0.3, -0.25) is 4.79 Å². The molecule has 4 rings (SSSR count). The van der Waals surface area contributed by atoms with E-state index in [9.17, 15) is 9.59 Å². The van der Waals surface area contributed by atoms with Gasteiger partial charge in [-0.2, -0.15) is 0 Å². The third-order valence-corrected chi connectivity index (χ3v) is 6.24. The van der Waals surface area contributed by atoms with Crippen molar-refractivity contribution in [2.24, 2.45) is 5.41 Å².